The molecule has 0 fully saturated rings. The summed E-state index contributed by atoms with van der Waals surface area (Å²) in [6.07, 6.45) is 3.28. The first-order valence-corrected chi connectivity index (χ1v) is 11.7. The van der Waals surface area contributed by atoms with Crippen LogP contribution >= 0.6 is 0 Å². The van der Waals surface area contributed by atoms with Gasteiger partial charge < -0.3 is 9.30 Å². The number of nitrogens with one attached hydrogen (secondary N) is 1. The first-order chi connectivity index (χ1) is 14.2. The van der Waals surface area contributed by atoms with Crippen LogP contribution in [0.2, 0.25) is 0 Å². The van der Waals surface area contributed by atoms with E-state index in [0.717, 1.165) is 47.2 Å². The number of anilines is 1. The highest BCUT2D eigenvalue weighted by molar-refractivity contribution is 7.92. The first-order valence-electron chi connectivity index (χ1n) is 9.81. The topological polar surface area (TPSA) is 77.4 Å². The summed E-state index contributed by atoms with van der Waals surface area (Å²) in [5.41, 5.74) is 4.78. The Labute approximate surface area is 176 Å². The van der Waals surface area contributed by atoms with Crippen molar-refractivity contribution in [3.63, 3.8) is 0 Å². The monoisotopic (exact) mass is 424 g/mol. The molecule has 0 unspecified atom stereocenters. The Morgan fingerprint density at radius 2 is 1.80 bits per heavy atom. The molecule has 6 nitrogen and oxygen atoms in total. The average Bonchev–Trinajstić information content (AvgIpc) is 2.94. The highest BCUT2D eigenvalue weighted by Crippen LogP contribution is 2.42. The minimum atomic E-state index is -3.43. The summed E-state index contributed by atoms with van der Waals surface area (Å²) in [6, 6.07) is 14.6. The SMILES string of the molecule is Cc1c2c(c(-c3cc(NS(C)(=O)=O)ccc3Oc3ccccc3)n1C)CCCC2=O. The maximum Gasteiger partial charge on any atom is 0.229 e. The molecule has 1 aliphatic rings. The summed E-state index contributed by atoms with van der Waals surface area (Å²) in [4.78, 5) is 12.6. The second-order valence-corrected chi connectivity index (χ2v) is 9.37. The van der Waals surface area contributed by atoms with Crippen LogP contribution in [0.15, 0.2) is 48.5 Å². The number of rotatable bonds is 5. The molecule has 0 saturated heterocycles. The van der Waals surface area contributed by atoms with Crippen LogP contribution in [0.5, 0.6) is 11.5 Å². The highest BCUT2D eigenvalue weighted by Gasteiger charge is 2.29. The van der Waals surface area contributed by atoms with Gasteiger partial charge in [0, 0.05) is 36.0 Å². The number of sulfonamides is 1. The number of benzene rings is 2. The van der Waals surface area contributed by atoms with Crippen molar-refractivity contribution in [2.75, 3.05) is 11.0 Å². The quantitative estimate of drug-likeness (QED) is 0.645. The third kappa shape index (κ3) is 3.85. The standard InChI is InChI=1S/C23H24N2O4S/c1-15-22-18(10-7-11-20(22)26)23(25(15)2)19-14-16(24-30(3,27)28)12-13-21(19)29-17-8-5-4-6-9-17/h4-6,8-9,12-14,24H,7,10-11H2,1-3H3. The maximum atomic E-state index is 12.6. The minimum Gasteiger partial charge on any atom is -0.457 e. The summed E-state index contributed by atoms with van der Waals surface area (Å²) >= 11 is 0. The van der Waals surface area contributed by atoms with Crippen molar-refractivity contribution in [2.24, 2.45) is 7.05 Å². The van der Waals surface area contributed by atoms with Gasteiger partial charge in [0.05, 0.1) is 11.9 Å². The molecule has 30 heavy (non-hydrogen) atoms. The molecule has 156 valence electrons. The maximum absolute atomic E-state index is 12.6. The van der Waals surface area contributed by atoms with Crippen molar-refractivity contribution in [1.82, 2.24) is 4.57 Å². The Morgan fingerprint density at radius 3 is 2.50 bits per heavy atom. The number of ether oxygens (including phenoxy) is 1. The normalized spacial score (nSPS) is 13.8. The number of Topliss-reactive ketones (excluding diaryl/α,β-unsaturated/α-hetero) is 1. The Hall–Kier alpha value is -3.06. The van der Waals surface area contributed by atoms with Crippen LogP contribution < -0.4 is 9.46 Å². The largest absolute Gasteiger partial charge is 0.457 e. The van der Waals surface area contributed by atoms with Crippen molar-refractivity contribution in [3.05, 3.63) is 65.4 Å². The predicted octanol–water partition coefficient (Wildman–Crippen LogP) is 4.68. The van der Waals surface area contributed by atoms with Gasteiger partial charge in [0.2, 0.25) is 10.0 Å². The van der Waals surface area contributed by atoms with E-state index in [4.69, 9.17) is 4.74 Å². The second kappa shape index (κ2) is 7.65. The van der Waals surface area contributed by atoms with Crippen molar-refractivity contribution in [1.29, 1.82) is 0 Å². The summed E-state index contributed by atoms with van der Waals surface area (Å²) in [5, 5.41) is 0. The number of carbonyl (C=O) groups excluding carboxylic acids is 1. The lowest BCUT2D eigenvalue weighted by Crippen LogP contribution is -2.10. The van der Waals surface area contributed by atoms with Gasteiger partial charge in [-0.2, -0.15) is 0 Å². The van der Waals surface area contributed by atoms with Gasteiger partial charge in [-0.1, -0.05) is 18.2 Å². The van der Waals surface area contributed by atoms with E-state index >= 15 is 0 Å². The van der Waals surface area contributed by atoms with Crippen LogP contribution in [0.4, 0.5) is 5.69 Å². The molecule has 1 heterocycles. The molecule has 2 aromatic carbocycles. The van der Waals surface area contributed by atoms with E-state index in [1.165, 1.54) is 0 Å². The van der Waals surface area contributed by atoms with Gasteiger partial charge in [0.1, 0.15) is 11.5 Å². The predicted molar refractivity (Wildman–Crippen MR) is 118 cm³/mol. The number of ketones is 1. The Kier molecular flexibility index (Phi) is 5.15. The molecule has 0 aliphatic heterocycles. The smallest absolute Gasteiger partial charge is 0.229 e. The zero-order valence-corrected chi connectivity index (χ0v) is 18.0. The van der Waals surface area contributed by atoms with Crippen molar-refractivity contribution in [2.45, 2.75) is 26.2 Å². The number of aromatic nitrogens is 1. The van der Waals surface area contributed by atoms with E-state index in [1.54, 1.807) is 18.2 Å². The van der Waals surface area contributed by atoms with Crippen LogP contribution in [-0.4, -0.2) is 25.0 Å². The van der Waals surface area contributed by atoms with Crippen LogP contribution in [0.3, 0.4) is 0 Å². The first kappa shape index (κ1) is 20.2. The van der Waals surface area contributed by atoms with Gasteiger partial charge in [0.25, 0.3) is 0 Å². The molecule has 0 amide bonds. The van der Waals surface area contributed by atoms with E-state index < -0.39 is 10.0 Å². The summed E-state index contributed by atoms with van der Waals surface area (Å²) < 4.78 is 34.3. The molecule has 0 saturated carbocycles. The van der Waals surface area contributed by atoms with Crippen molar-refractivity contribution in [3.8, 4) is 22.8 Å². The minimum absolute atomic E-state index is 0.159. The molecule has 0 bridgehead atoms. The number of nitrogens with zero attached hydrogens (tertiary/aromatic N) is 1. The fourth-order valence-corrected chi connectivity index (χ4v) is 4.63. The molecule has 1 aliphatic carbocycles. The Balaban J connectivity index is 1.92. The van der Waals surface area contributed by atoms with Gasteiger partial charge in [-0.05, 0) is 55.7 Å². The lowest BCUT2D eigenvalue weighted by Gasteiger charge is -2.17. The van der Waals surface area contributed by atoms with E-state index in [-0.39, 0.29) is 5.78 Å². The average molecular weight is 425 g/mol. The van der Waals surface area contributed by atoms with Crippen LogP contribution in [0.25, 0.3) is 11.3 Å². The van der Waals surface area contributed by atoms with E-state index in [0.29, 0.717) is 23.6 Å². The molecule has 1 aromatic heterocycles. The molecular weight excluding hydrogens is 400 g/mol. The van der Waals surface area contributed by atoms with Crippen LogP contribution in [0.1, 0.15) is 34.5 Å². The molecular formula is C23H24N2O4S. The van der Waals surface area contributed by atoms with Crippen molar-refractivity contribution < 1.29 is 17.9 Å². The zero-order valence-electron chi connectivity index (χ0n) is 17.2. The van der Waals surface area contributed by atoms with Gasteiger partial charge in [-0.25, -0.2) is 8.42 Å². The molecule has 0 atom stereocenters. The number of carbonyl (C=O) groups is 1. The number of hydrogen-bond donors (Lipinski definition) is 1. The summed E-state index contributed by atoms with van der Waals surface area (Å²) in [6.45, 7) is 1.95. The van der Waals surface area contributed by atoms with Gasteiger partial charge in [0.15, 0.2) is 5.78 Å². The third-order valence-corrected chi connectivity index (χ3v) is 6.01. The van der Waals surface area contributed by atoms with Crippen LogP contribution in [-0.2, 0) is 23.5 Å². The molecule has 1 N–H and O–H groups in total. The highest BCUT2D eigenvalue weighted by atomic mass is 32.2. The van der Waals surface area contributed by atoms with Crippen LogP contribution in [0, 0.1) is 6.92 Å². The van der Waals surface area contributed by atoms with E-state index in [9.17, 15) is 13.2 Å². The number of para-hydroxylation sites is 1. The molecule has 0 spiro atoms. The molecule has 0 radical (unpaired) electrons. The lowest BCUT2D eigenvalue weighted by molar-refractivity contribution is 0.0972. The van der Waals surface area contributed by atoms with Crippen molar-refractivity contribution >= 4 is 21.5 Å². The third-order valence-electron chi connectivity index (χ3n) is 5.41. The zero-order chi connectivity index (χ0) is 21.5. The van der Waals surface area contributed by atoms with E-state index in [1.807, 2.05) is 48.9 Å². The Morgan fingerprint density at radius 1 is 1.07 bits per heavy atom. The molecule has 4 rings (SSSR count). The van der Waals surface area contributed by atoms with Gasteiger partial charge in [-0.3, -0.25) is 9.52 Å². The van der Waals surface area contributed by atoms with Gasteiger partial charge >= 0.3 is 0 Å². The molecule has 7 heteroatoms. The fourth-order valence-electron chi connectivity index (χ4n) is 4.08. The number of hydrogen-bond acceptors (Lipinski definition) is 4. The lowest BCUT2D eigenvalue weighted by atomic mass is 9.89. The van der Waals surface area contributed by atoms with E-state index in [2.05, 4.69) is 4.72 Å². The Bertz CT molecular complexity index is 1230. The summed E-state index contributed by atoms with van der Waals surface area (Å²) in [5.74, 6) is 1.44. The fraction of sp³-hybridized carbons (Fsp3) is 0.261. The second-order valence-electron chi connectivity index (χ2n) is 7.62. The summed E-state index contributed by atoms with van der Waals surface area (Å²) in [7, 11) is -1.50. The molecule has 3 aromatic rings. The number of fused-ring (bicyclic) bond motifs is 1. The van der Waals surface area contributed by atoms with Gasteiger partial charge in [-0.15, -0.1) is 0 Å².